The number of rotatable bonds is 3. The average molecular weight is 265 g/mol. The molecule has 0 aliphatic rings. The molecular formula is C16H11NO3. The third kappa shape index (κ3) is 2.31. The van der Waals surface area contributed by atoms with Gasteiger partial charge >= 0.3 is 5.97 Å². The van der Waals surface area contributed by atoms with Crippen LogP contribution in [0.1, 0.15) is 10.4 Å². The lowest BCUT2D eigenvalue weighted by Gasteiger charge is -1.96. The molecule has 20 heavy (non-hydrogen) atoms. The number of aromatic carboxylic acids is 1. The Morgan fingerprint density at radius 3 is 2.30 bits per heavy atom. The lowest BCUT2D eigenvalue weighted by molar-refractivity contribution is 0.0697. The van der Waals surface area contributed by atoms with E-state index in [1.54, 1.807) is 24.3 Å². The van der Waals surface area contributed by atoms with Crippen LogP contribution in [0.2, 0.25) is 0 Å². The first-order chi connectivity index (χ1) is 9.74. The second-order valence-corrected chi connectivity index (χ2v) is 4.32. The molecule has 0 saturated carbocycles. The Morgan fingerprint density at radius 1 is 0.950 bits per heavy atom. The standard InChI is InChI=1S/C16H11NO3/c18-16(19)13-8-6-11(7-9-13)14-10-15(20-17-14)12-4-2-1-3-5-12/h1-10H,(H,18,19). The third-order valence-electron chi connectivity index (χ3n) is 3.00. The molecule has 4 nitrogen and oxygen atoms in total. The fourth-order valence-corrected chi connectivity index (χ4v) is 1.93. The van der Waals surface area contributed by atoms with Crippen LogP contribution in [-0.4, -0.2) is 16.2 Å². The monoisotopic (exact) mass is 265 g/mol. The smallest absolute Gasteiger partial charge is 0.335 e. The van der Waals surface area contributed by atoms with Crippen molar-refractivity contribution in [2.75, 3.05) is 0 Å². The van der Waals surface area contributed by atoms with Gasteiger partial charge < -0.3 is 9.63 Å². The minimum Gasteiger partial charge on any atom is -0.478 e. The summed E-state index contributed by atoms with van der Waals surface area (Å²) in [6.45, 7) is 0. The normalized spacial score (nSPS) is 10.4. The fourth-order valence-electron chi connectivity index (χ4n) is 1.93. The Hall–Kier alpha value is -2.88. The summed E-state index contributed by atoms with van der Waals surface area (Å²) in [5.74, 6) is -0.260. The molecule has 3 aromatic rings. The molecule has 3 rings (SSSR count). The minimum absolute atomic E-state index is 0.250. The van der Waals surface area contributed by atoms with Crippen molar-refractivity contribution in [1.29, 1.82) is 0 Å². The first-order valence-electron chi connectivity index (χ1n) is 6.10. The van der Waals surface area contributed by atoms with E-state index in [0.29, 0.717) is 11.5 Å². The second-order valence-electron chi connectivity index (χ2n) is 4.32. The maximum atomic E-state index is 10.8. The average Bonchev–Trinajstić information content (AvgIpc) is 2.98. The number of benzene rings is 2. The Labute approximate surface area is 115 Å². The van der Waals surface area contributed by atoms with Gasteiger partial charge in [-0.25, -0.2) is 4.79 Å². The summed E-state index contributed by atoms with van der Waals surface area (Å²) < 4.78 is 5.32. The van der Waals surface area contributed by atoms with Crippen LogP contribution < -0.4 is 0 Å². The van der Waals surface area contributed by atoms with Crippen molar-refractivity contribution in [2.24, 2.45) is 0 Å². The van der Waals surface area contributed by atoms with Crippen molar-refractivity contribution in [3.63, 3.8) is 0 Å². The molecule has 98 valence electrons. The summed E-state index contributed by atoms with van der Waals surface area (Å²) in [7, 11) is 0. The molecule has 0 atom stereocenters. The highest BCUT2D eigenvalue weighted by Gasteiger charge is 2.09. The number of carboxylic acids is 1. The molecule has 1 N–H and O–H groups in total. The summed E-state index contributed by atoms with van der Waals surface area (Å²) in [5.41, 5.74) is 2.70. The van der Waals surface area contributed by atoms with Crippen LogP contribution in [0.15, 0.2) is 65.2 Å². The van der Waals surface area contributed by atoms with Crippen molar-refractivity contribution >= 4 is 5.97 Å². The van der Waals surface area contributed by atoms with Gasteiger partial charge in [-0.05, 0) is 12.1 Å². The number of hydrogen-bond donors (Lipinski definition) is 1. The van der Waals surface area contributed by atoms with E-state index in [1.165, 1.54) is 0 Å². The summed E-state index contributed by atoms with van der Waals surface area (Å²) in [6, 6.07) is 18.1. The summed E-state index contributed by atoms with van der Waals surface area (Å²) in [5, 5.41) is 12.9. The number of carboxylic acid groups (broad SMARTS) is 1. The first-order valence-corrected chi connectivity index (χ1v) is 6.10. The molecule has 0 spiro atoms. The van der Waals surface area contributed by atoms with E-state index in [9.17, 15) is 4.79 Å². The molecule has 0 fully saturated rings. The lowest BCUT2D eigenvalue weighted by Crippen LogP contribution is -1.94. The van der Waals surface area contributed by atoms with E-state index >= 15 is 0 Å². The summed E-state index contributed by atoms with van der Waals surface area (Å²) in [6.07, 6.45) is 0. The van der Waals surface area contributed by atoms with Gasteiger partial charge in [0, 0.05) is 17.2 Å². The topological polar surface area (TPSA) is 63.3 Å². The molecule has 0 radical (unpaired) electrons. The molecule has 1 aromatic heterocycles. The van der Waals surface area contributed by atoms with Gasteiger partial charge in [0.15, 0.2) is 5.76 Å². The van der Waals surface area contributed by atoms with Gasteiger partial charge in [0.05, 0.1) is 5.56 Å². The fraction of sp³-hybridized carbons (Fsp3) is 0. The molecular weight excluding hydrogens is 254 g/mol. The molecule has 0 aliphatic heterocycles. The van der Waals surface area contributed by atoms with Crippen LogP contribution in [-0.2, 0) is 0 Å². The molecule has 0 aliphatic carbocycles. The molecule has 2 aromatic carbocycles. The van der Waals surface area contributed by atoms with Crippen molar-refractivity contribution in [2.45, 2.75) is 0 Å². The molecule has 4 heteroatoms. The van der Waals surface area contributed by atoms with Gasteiger partial charge in [-0.15, -0.1) is 0 Å². The zero-order chi connectivity index (χ0) is 13.9. The van der Waals surface area contributed by atoms with Crippen LogP contribution in [0, 0.1) is 0 Å². The maximum Gasteiger partial charge on any atom is 0.335 e. The van der Waals surface area contributed by atoms with E-state index in [2.05, 4.69) is 5.16 Å². The van der Waals surface area contributed by atoms with Gasteiger partial charge in [0.2, 0.25) is 0 Å². The Kier molecular flexibility index (Phi) is 3.05. The molecule has 0 saturated heterocycles. The summed E-state index contributed by atoms with van der Waals surface area (Å²) in [4.78, 5) is 10.8. The van der Waals surface area contributed by atoms with Crippen molar-refractivity contribution < 1.29 is 14.4 Å². The van der Waals surface area contributed by atoms with Crippen molar-refractivity contribution in [3.05, 3.63) is 66.2 Å². The summed E-state index contributed by atoms with van der Waals surface area (Å²) >= 11 is 0. The molecule has 1 heterocycles. The minimum atomic E-state index is -0.943. The lowest BCUT2D eigenvalue weighted by atomic mass is 10.1. The van der Waals surface area contributed by atoms with Crippen molar-refractivity contribution in [3.8, 4) is 22.6 Å². The Morgan fingerprint density at radius 2 is 1.65 bits per heavy atom. The van der Waals surface area contributed by atoms with Gasteiger partial charge in [0.25, 0.3) is 0 Å². The van der Waals surface area contributed by atoms with E-state index in [-0.39, 0.29) is 5.56 Å². The highest BCUT2D eigenvalue weighted by atomic mass is 16.5. The molecule has 0 unspecified atom stereocenters. The first kappa shape index (κ1) is 12.2. The zero-order valence-corrected chi connectivity index (χ0v) is 10.5. The number of nitrogens with zero attached hydrogens (tertiary/aromatic N) is 1. The largest absolute Gasteiger partial charge is 0.478 e. The number of carbonyl (C=O) groups is 1. The van der Waals surface area contributed by atoms with Crippen LogP contribution in [0.5, 0.6) is 0 Å². The highest BCUT2D eigenvalue weighted by Crippen LogP contribution is 2.25. The van der Waals surface area contributed by atoms with Crippen molar-refractivity contribution in [1.82, 2.24) is 5.16 Å². The Bertz CT molecular complexity index is 730. The SMILES string of the molecule is O=C(O)c1ccc(-c2cc(-c3ccccc3)on2)cc1. The van der Waals surface area contributed by atoms with Crippen LogP contribution in [0.25, 0.3) is 22.6 Å². The van der Waals surface area contributed by atoms with Gasteiger partial charge in [-0.1, -0.05) is 47.6 Å². The molecule has 0 bridgehead atoms. The van der Waals surface area contributed by atoms with E-state index in [1.807, 2.05) is 36.4 Å². The zero-order valence-electron chi connectivity index (χ0n) is 10.5. The van der Waals surface area contributed by atoms with Crippen LogP contribution in [0.3, 0.4) is 0 Å². The third-order valence-corrected chi connectivity index (χ3v) is 3.00. The van der Waals surface area contributed by atoms with Gasteiger partial charge in [-0.3, -0.25) is 0 Å². The molecule has 0 amide bonds. The van der Waals surface area contributed by atoms with Crippen LogP contribution >= 0.6 is 0 Å². The highest BCUT2D eigenvalue weighted by molar-refractivity contribution is 5.88. The maximum absolute atomic E-state index is 10.8. The predicted molar refractivity (Wildman–Crippen MR) is 74.3 cm³/mol. The Balaban J connectivity index is 1.92. The van der Waals surface area contributed by atoms with Gasteiger partial charge in [0.1, 0.15) is 5.69 Å². The van der Waals surface area contributed by atoms with Gasteiger partial charge in [-0.2, -0.15) is 0 Å². The second kappa shape index (κ2) is 5.01. The van der Waals surface area contributed by atoms with E-state index < -0.39 is 5.97 Å². The number of hydrogen-bond acceptors (Lipinski definition) is 3. The quantitative estimate of drug-likeness (QED) is 0.784. The van der Waals surface area contributed by atoms with Crippen LogP contribution in [0.4, 0.5) is 0 Å². The predicted octanol–water partition coefficient (Wildman–Crippen LogP) is 3.71. The van der Waals surface area contributed by atoms with E-state index in [4.69, 9.17) is 9.63 Å². The van der Waals surface area contributed by atoms with E-state index in [0.717, 1.165) is 11.1 Å². The number of aromatic nitrogens is 1.